The third-order valence-electron chi connectivity index (χ3n) is 2.72. The molecule has 0 aromatic heterocycles. The summed E-state index contributed by atoms with van der Waals surface area (Å²) >= 11 is 0. The van der Waals surface area contributed by atoms with Crippen molar-refractivity contribution in [1.82, 2.24) is 0 Å². The zero-order valence-electron chi connectivity index (χ0n) is 9.36. The van der Waals surface area contributed by atoms with E-state index in [1.165, 1.54) is 0 Å². The first-order valence-electron chi connectivity index (χ1n) is 5.38. The van der Waals surface area contributed by atoms with Crippen LogP contribution in [-0.4, -0.2) is 18.2 Å². The molecule has 2 unspecified atom stereocenters. The Kier molecular flexibility index (Phi) is 6.36. The van der Waals surface area contributed by atoms with E-state index in [1.54, 1.807) is 6.92 Å². The maximum Gasteiger partial charge on any atom is 0.267 e. The number of hydrogen-bond donors (Lipinski definition) is 1. The third-order valence-corrected chi connectivity index (χ3v) is 3.93. The normalized spacial score (nSPS) is 16.6. The molecule has 0 aliphatic rings. The molecule has 0 radical (unpaired) electrons. The van der Waals surface area contributed by atoms with Crippen LogP contribution in [0.1, 0.15) is 52.9 Å². The van der Waals surface area contributed by atoms with Gasteiger partial charge in [0, 0.05) is 0 Å². The Morgan fingerprint density at radius 3 is 2.21 bits per heavy atom. The summed E-state index contributed by atoms with van der Waals surface area (Å²) in [6.45, 7) is 5.76. The maximum absolute atomic E-state index is 10.8. The van der Waals surface area contributed by atoms with E-state index in [2.05, 4.69) is 13.8 Å². The van der Waals surface area contributed by atoms with Gasteiger partial charge >= 0.3 is 0 Å². The van der Waals surface area contributed by atoms with Gasteiger partial charge in [0.2, 0.25) is 0 Å². The van der Waals surface area contributed by atoms with E-state index in [0.717, 1.165) is 25.7 Å². The molecule has 0 saturated heterocycles. The van der Waals surface area contributed by atoms with Gasteiger partial charge in [0.15, 0.2) is 0 Å². The minimum atomic E-state index is -3.83. The molecule has 0 amide bonds. The Bertz CT molecular complexity index is 234. The highest BCUT2D eigenvalue weighted by Gasteiger charge is 2.20. The molecule has 0 aromatic carbocycles. The molecule has 0 fully saturated rings. The molecule has 0 aliphatic heterocycles. The lowest BCUT2D eigenvalue weighted by Crippen LogP contribution is -2.20. The van der Waals surface area contributed by atoms with Crippen LogP contribution in [0.2, 0.25) is 0 Å². The van der Waals surface area contributed by atoms with E-state index in [-0.39, 0.29) is 0 Å². The first-order chi connectivity index (χ1) is 6.41. The minimum Gasteiger partial charge on any atom is -0.285 e. The molecule has 14 heavy (non-hydrogen) atoms. The lowest BCUT2D eigenvalue weighted by molar-refractivity contribution is 0.397. The molecule has 0 aliphatic carbocycles. The summed E-state index contributed by atoms with van der Waals surface area (Å²) in [4.78, 5) is 0. The molecule has 0 heterocycles. The Morgan fingerprint density at radius 1 is 1.29 bits per heavy atom. The predicted octanol–water partition coefficient (Wildman–Crippen LogP) is 2.87. The van der Waals surface area contributed by atoms with Crippen molar-refractivity contribution in [3.05, 3.63) is 0 Å². The van der Waals surface area contributed by atoms with Gasteiger partial charge in [0.1, 0.15) is 0 Å². The van der Waals surface area contributed by atoms with Crippen LogP contribution in [0.3, 0.4) is 0 Å². The molecule has 0 saturated carbocycles. The minimum absolute atomic E-state index is 0.423. The molecule has 0 spiro atoms. The fraction of sp³-hybridized carbons (Fsp3) is 1.00. The first kappa shape index (κ1) is 13.9. The van der Waals surface area contributed by atoms with E-state index in [0.29, 0.717) is 12.3 Å². The molecule has 86 valence electrons. The van der Waals surface area contributed by atoms with Crippen LogP contribution >= 0.6 is 0 Å². The number of hydrogen-bond acceptors (Lipinski definition) is 2. The monoisotopic (exact) mass is 222 g/mol. The van der Waals surface area contributed by atoms with Gasteiger partial charge in [-0.25, -0.2) is 0 Å². The van der Waals surface area contributed by atoms with Crippen LogP contribution in [0.15, 0.2) is 0 Å². The highest BCUT2D eigenvalue weighted by molar-refractivity contribution is 7.86. The van der Waals surface area contributed by atoms with Crippen molar-refractivity contribution in [1.29, 1.82) is 0 Å². The molecule has 0 rings (SSSR count). The molecule has 1 N–H and O–H groups in total. The van der Waals surface area contributed by atoms with Crippen LogP contribution in [-0.2, 0) is 10.1 Å². The lowest BCUT2D eigenvalue weighted by Gasteiger charge is -2.17. The smallest absolute Gasteiger partial charge is 0.267 e. The van der Waals surface area contributed by atoms with Gasteiger partial charge < -0.3 is 0 Å². The number of unbranched alkanes of at least 4 members (excludes halogenated alkanes) is 1. The van der Waals surface area contributed by atoms with Gasteiger partial charge in [0.05, 0.1) is 5.25 Å². The third kappa shape index (κ3) is 5.60. The van der Waals surface area contributed by atoms with Crippen molar-refractivity contribution >= 4 is 10.1 Å². The molecule has 4 heteroatoms. The highest BCUT2D eigenvalue weighted by Crippen LogP contribution is 2.21. The average molecular weight is 222 g/mol. The van der Waals surface area contributed by atoms with E-state index >= 15 is 0 Å². The Hall–Kier alpha value is -0.0900. The molecule has 2 atom stereocenters. The summed E-state index contributed by atoms with van der Waals surface area (Å²) in [5, 5.41) is -0.621. The van der Waals surface area contributed by atoms with E-state index in [1.807, 2.05) is 0 Å². The first-order valence-corrected chi connectivity index (χ1v) is 6.88. The molecular formula is C10H22O3S. The van der Waals surface area contributed by atoms with Gasteiger partial charge in [0.25, 0.3) is 10.1 Å². The second-order valence-corrected chi connectivity index (χ2v) is 5.81. The SMILES string of the molecule is CCCCC(CC)CC(C)S(=O)(=O)O. The van der Waals surface area contributed by atoms with Gasteiger partial charge in [-0.3, -0.25) is 4.55 Å². The number of rotatable bonds is 7. The van der Waals surface area contributed by atoms with Crippen molar-refractivity contribution < 1.29 is 13.0 Å². The van der Waals surface area contributed by atoms with Crippen LogP contribution in [0.25, 0.3) is 0 Å². The van der Waals surface area contributed by atoms with Crippen molar-refractivity contribution in [3.63, 3.8) is 0 Å². The molecule has 3 nitrogen and oxygen atoms in total. The highest BCUT2D eigenvalue weighted by atomic mass is 32.2. The topological polar surface area (TPSA) is 54.4 Å². The van der Waals surface area contributed by atoms with Crippen molar-refractivity contribution in [2.24, 2.45) is 5.92 Å². The largest absolute Gasteiger partial charge is 0.285 e. The standard InChI is InChI=1S/C10H22O3S/c1-4-6-7-10(5-2)8-9(3)14(11,12)13/h9-10H,4-8H2,1-3H3,(H,11,12,13). The fourth-order valence-corrected chi connectivity index (χ4v) is 2.09. The molecule has 0 bridgehead atoms. The maximum atomic E-state index is 10.8. The summed E-state index contributed by atoms with van der Waals surface area (Å²) in [6.07, 6.45) is 4.90. The Morgan fingerprint density at radius 2 is 1.86 bits per heavy atom. The summed E-state index contributed by atoms with van der Waals surface area (Å²) in [5.74, 6) is 0.423. The second kappa shape index (κ2) is 6.40. The van der Waals surface area contributed by atoms with Crippen LogP contribution in [0.4, 0.5) is 0 Å². The van der Waals surface area contributed by atoms with Gasteiger partial charge in [-0.1, -0.05) is 39.5 Å². The van der Waals surface area contributed by atoms with Gasteiger partial charge in [-0.15, -0.1) is 0 Å². The van der Waals surface area contributed by atoms with Crippen molar-refractivity contribution in [3.8, 4) is 0 Å². The molecular weight excluding hydrogens is 200 g/mol. The van der Waals surface area contributed by atoms with Gasteiger partial charge in [-0.05, 0) is 19.3 Å². The Balaban J connectivity index is 4.05. The van der Waals surface area contributed by atoms with Crippen molar-refractivity contribution in [2.75, 3.05) is 0 Å². The van der Waals surface area contributed by atoms with E-state index < -0.39 is 15.4 Å². The quantitative estimate of drug-likeness (QED) is 0.674. The summed E-state index contributed by atoms with van der Waals surface area (Å²) in [5.41, 5.74) is 0. The van der Waals surface area contributed by atoms with Crippen LogP contribution < -0.4 is 0 Å². The summed E-state index contributed by atoms with van der Waals surface area (Å²) < 4.78 is 30.5. The van der Waals surface area contributed by atoms with Gasteiger partial charge in [-0.2, -0.15) is 8.42 Å². The van der Waals surface area contributed by atoms with Crippen LogP contribution in [0, 0.1) is 5.92 Å². The summed E-state index contributed by atoms with van der Waals surface area (Å²) in [7, 11) is -3.83. The van der Waals surface area contributed by atoms with E-state index in [9.17, 15) is 8.42 Å². The summed E-state index contributed by atoms with van der Waals surface area (Å²) in [6, 6.07) is 0. The zero-order valence-corrected chi connectivity index (χ0v) is 10.2. The van der Waals surface area contributed by atoms with E-state index in [4.69, 9.17) is 4.55 Å². The zero-order chi connectivity index (χ0) is 11.2. The second-order valence-electron chi connectivity index (χ2n) is 3.98. The predicted molar refractivity (Wildman–Crippen MR) is 58.9 cm³/mol. The lowest BCUT2D eigenvalue weighted by atomic mass is 9.94. The fourth-order valence-electron chi connectivity index (χ4n) is 1.57. The van der Waals surface area contributed by atoms with Crippen LogP contribution in [0.5, 0.6) is 0 Å². The van der Waals surface area contributed by atoms with Crippen molar-refractivity contribution in [2.45, 2.75) is 58.1 Å². The average Bonchev–Trinajstić information content (AvgIpc) is 2.10. The Labute approximate surface area is 87.7 Å². The molecule has 0 aromatic rings.